The first-order valence-corrected chi connectivity index (χ1v) is 10.8. The Morgan fingerprint density at radius 1 is 1.00 bits per heavy atom. The summed E-state index contributed by atoms with van der Waals surface area (Å²) >= 11 is 6.14. The Morgan fingerprint density at radius 2 is 1.75 bits per heavy atom. The molecule has 0 aliphatic rings. The second-order valence-corrected chi connectivity index (χ2v) is 7.87. The number of hydrogen-bond acceptors (Lipinski definition) is 4. The van der Waals surface area contributed by atoms with E-state index in [2.05, 4.69) is 4.57 Å². The van der Waals surface area contributed by atoms with Crippen LogP contribution in [0.25, 0.3) is 0 Å². The van der Waals surface area contributed by atoms with Crippen molar-refractivity contribution in [2.75, 3.05) is 34.5 Å². The molecule has 32 heavy (non-hydrogen) atoms. The summed E-state index contributed by atoms with van der Waals surface area (Å²) in [4.78, 5) is 15.3. The lowest BCUT2D eigenvalue weighted by Crippen LogP contribution is -2.33. The van der Waals surface area contributed by atoms with Crippen LogP contribution >= 0.6 is 11.6 Å². The van der Waals surface area contributed by atoms with Gasteiger partial charge in [0.1, 0.15) is 11.5 Å². The largest absolute Gasteiger partial charge is 0.497 e. The van der Waals surface area contributed by atoms with Crippen LogP contribution in [0.2, 0.25) is 5.02 Å². The third kappa shape index (κ3) is 6.28. The van der Waals surface area contributed by atoms with Crippen molar-refractivity contribution in [3.8, 4) is 11.5 Å². The SMILES string of the molecule is COCCCN(Cc1cccn1Cc1cccc(Cl)c1)C(=O)c1cc(OC)cc(OC)c1. The lowest BCUT2D eigenvalue weighted by Gasteiger charge is -2.24. The molecule has 0 bridgehead atoms. The molecule has 0 fully saturated rings. The van der Waals surface area contributed by atoms with Crippen LogP contribution in [0.3, 0.4) is 0 Å². The van der Waals surface area contributed by atoms with Gasteiger partial charge in [0.15, 0.2) is 0 Å². The normalized spacial score (nSPS) is 10.8. The van der Waals surface area contributed by atoms with Crippen molar-refractivity contribution in [1.82, 2.24) is 9.47 Å². The first-order chi connectivity index (χ1) is 15.5. The van der Waals surface area contributed by atoms with Crippen LogP contribution in [0.5, 0.6) is 11.5 Å². The molecule has 7 heteroatoms. The van der Waals surface area contributed by atoms with Gasteiger partial charge in [-0.3, -0.25) is 4.79 Å². The molecule has 1 aromatic heterocycles. The molecule has 0 aliphatic carbocycles. The van der Waals surface area contributed by atoms with Crippen molar-refractivity contribution < 1.29 is 19.0 Å². The Labute approximate surface area is 194 Å². The third-order valence-electron chi connectivity index (χ3n) is 5.18. The van der Waals surface area contributed by atoms with Gasteiger partial charge in [0.2, 0.25) is 0 Å². The minimum Gasteiger partial charge on any atom is -0.497 e. The second-order valence-electron chi connectivity index (χ2n) is 7.43. The number of amides is 1. The van der Waals surface area contributed by atoms with Crippen LogP contribution < -0.4 is 9.47 Å². The topological polar surface area (TPSA) is 52.9 Å². The Balaban J connectivity index is 1.84. The molecule has 1 heterocycles. The fourth-order valence-electron chi connectivity index (χ4n) is 3.54. The van der Waals surface area contributed by atoms with Gasteiger partial charge in [-0.2, -0.15) is 0 Å². The quantitative estimate of drug-likeness (QED) is 0.386. The maximum absolute atomic E-state index is 13.5. The van der Waals surface area contributed by atoms with Gasteiger partial charge in [0, 0.05) is 55.3 Å². The number of nitrogens with zero attached hydrogens (tertiary/aromatic N) is 2. The molecule has 0 saturated carbocycles. The summed E-state index contributed by atoms with van der Waals surface area (Å²) in [5.41, 5.74) is 2.65. The lowest BCUT2D eigenvalue weighted by molar-refractivity contribution is 0.0719. The van der Waals surface area contributed by atoms with E-state index in [1.165, 1.54) is 0 Å². The number of carbonyl (C=O) groups is 1. The zero-order chi connectivity index (χ0) is 22.9. The van der Waals surface area contributed by atoms with Crippen molar-refractivity contribution in [3.63, 3.8) is 0 Å². The first kappa shape index (κ1) is 23.7. The molecule has 170 valence electrons. The van der Waals surface area contributed by atoms with E-state index < -0.39 is 0 Å². The zero-order valence-corrected chi connectivity index (χ0v) is 19.5. The molecule has 0 unspecified atom stereocenters. The number of hydrogen-bond donors (Lipinski definition) is 0. The van der Waals surface area contributed by atoms with E-state index in [9.17, 15) is 4.79 Å². The van der Waals surface area contributed by atoms with Crippen LogP contribution in [0.1, 0.15) is 28.0 Å². The molecule has 6 nitrogen and oxygen atoms in total. The summed E-state index contributed by atoms with van der Waals surface area (Å²) in [5, 5.41) is 0.708. The first-order valence-electron chi connectivity index (χ1n) is 10.4. The van der Waals surface area contributed by atoms with Crippen molar-refractivity contribution >= 4 is 17.5 Å². The fourth-order valence-corrected chi connectivity index (χ4v) is 3.75. The van der Waals surface area contributed by atoms with E-state index in [1.54, 1.807) is 39.5 Å². The minimum absolute atomic E-state index is 0.0891. The van der Waals surface area contributed by atoms with Crippen LogP contribution in [0, 0.1) is 0 Å². The summed E-state index contributed by atoms with van der Waals surface area (Å²) in [5.74, 6) is 1.07. The standard InChI is InChI=1S/C25H29ClN2O4/c1-30-12-6-11-28(25(29)20-14-23(31-2)16-24(15-20)32-3)18-22-9-5-10-27(22)17-19-7-4-8-21(26)13-19/h4-5,7-10,13-16H,6,11-12,17-18H2,1-3H3. The van der Waals surface area contributed by atoms with Crippen molar-refractivity contribution in [2.24, 2.45) is 0 Å². The Hall–Kier alpha value is -2.96. The minimum atomic E-state index is -0.0891. The number of carbonyl (C=O) groups excluding carboxylic acids is 1. The molecule has 0 atom stereocenters. The van der Waals surface area contributed by atoms with E-state index in [0.717, 1.165) is 17.7 Å². The van der Waals surface area contributed by atoms with E-state index >= 15 is 0 Å². The van der Waals surface area contributed by atoms with Gasteiger partial charge in [0.25, 0.3) is 5.91 Å². The Morgan fingerprint density at radius 3 is 2.41 bits per heavy atom. The molecular weight excluding hydrogens is 428 g/mol. The number of aromatic nitrogens is 1. The number of benzene rings is 2. The summed E-state index contributed by atoms with van der Waals surface area (Å²) < 4.78 is 18.0. The molecule has 1 amide bonds. The Kier molecular flexibility index (Phi) is 8.59. The van der Waals surface area contributed by atoms with Crippen LogP contribution in [-0.4, -0.2) is 49.9 Å². The average Bonchev–Trinajstić information content (AvgIpc) is 3.24. The highest BCUT2D eigenvalue weighted by Gasteiger charge is 2.19. The summed E-state index contributed by atoms with van der Waals surface area (Å²) in [7, 11) is 4.81. The van der Waals surface area contributed by atoms with Gasteiger partial charge in [-0.05, 0) is 48.4 Å². The second kappa shape index (κ2) is 11.6. The van der Waals surface area contributed by atoms with E-state index in [1.807, 2.05) is 47.5 Å². The molecule has 0 spiro atoms. The van der Waals surface area contributed by atoms with Gasteiger partial charge in [-0.1, -0.05) is 23.7 Å². The van der Waals surface area contributed by atoms with Crippen LogP contribution in [0.4, 0.5) is 0 Å². The molecule has 0 saturated heterocycles. The third-order valence-corrected chi connectivity index (χ3v) is 5.42. The summed E-state index contributed by atoms with van der Waals surface area (Å²) in [6.07, 6.45) is 2.75. The maximum Gasteiger partial charge on any atom is 0.254 e. The van der Waals surface area contributed by atoms with Crippen molar-refractivity contribution in [2.45, 2.75) is 19.5 Å². The van der Waals surface area contributed by atoms with E-state index in [0.29, 0.717) is 48.3 Å². The van der Waals surface area contributed by atoms with Crippen molar-refractivity contribution in [1.29, 1.82) is 0 Å². The van der Waals surface area contributed by atoms with Gasteiger partial charge < -0.3 is 23.7 Å². The van der Waals surface area contributed by atoms with Crippen LogP contribution in [-0.2, 0) is 17.8 Å². The van der Waals surface area contributed by atoms with E-state index in [-0.39, 0.29) is 5.91 Å². The molecule has 0 N–H and O–H groups in total. The molecule has 0 aliphatic heterocycles. The highest BCUT2D eigenvalue weighted by atomic mass is 35.5. The molecule has 0 radical (unpaired) electrons. The maximum atomic E-state index is 13.5. The monoisotopic (exact) mass is 456 g/mol. The predicted octanol–water partition coefficient (Wildman–Crippen LogP) is 4.89. The predicted molar refractivity (Wildman–Crippen MR) is 126 cm³/mol. The smallest absolute Gasteiger partial charge is 0.254 e. The van der Waals surface area contributed by atoms with Gasteiger partial charge in [0.05, 0.1) is 20.8 Å². The average molecular weight is 457 g/mol. The lowest BCUT2D eigenvalue weighted by atomic mass is 10.1. The highest BCUT2D eigenvalue weighted by Crippen LogP contribution is 2.24. The van der Waals surface area contributed by atoms with E-state index in [4.69, 9.17) is 25.8 Å². The van der Waals surface area contributed by atoms with Gasteiger partial charge in [-0.15, -0.1) is 0 Å². The number of halogens is 1. The molecule has 2 aromatic carbocycles. The van der Waals surface area contributed by atoms with Crippen molar-refractivity contribution in [3.05, 3.63) is 82.6 Å². The summed E-state index contributed by atoms with van der Waals surface area (Å²) in [6.45, 7) is 2.29. The fraction of sp³-hybridized carbons (Fsp3) is 0.320. The van der Waals surface area contributed by atoms with Gasteiger partial charge in [-0.25, -0.2) is 0 Å². The highest BCUT2D eigenvalue weighted by molar-refractivity contribution is 6.30. The molecule has 3 rings (SSSR count). The number of methoxy groups -OCH3 is 3. The van der Waals surface area contributed by atoms with Crippen LogP contribution in [0.15, 0.2) is 60.8 Å². The number of ether oxygens (including phenoxy) is 3. The molecule has 3 aromatic rings. The molecular formula is C25H29ClN2O4. The van der Waals surface area contributed by atoms with Gasteiger partial charge >= 0.3 is 0 Å². The zero-order valence-electron chi connectivity index (χ0n) is 18.7. The summed E-state index contributed by atoms with van der Waals surface area (Å²) in [6, 6.07) is 17.0. The number of rotatable bonds is 11. The Bertz CT molecular complexity index is 1010.